The molecule has 0 bridgehead atoms. The number of nitrogens with zero attached hydrogens (tertiary/aromatic N) is 3. The van der Waals surface area contributed by atoms with Gasteiger partial charge in [-0.2, -0.15) is 0 Å². The van der Waals surface area contributed by atoms with Crippen LogP contribution in [0.15, 0.2) is 67.0 Å². The summed E-state index contributed by atoms with van der Waals surface area (Å²) < 4.78 is 18.1. The van der Waals surface area contributed by atoms with E-state index in [0.29, 0.717) is 42.3 Å². The number of aliphatic hydroxyl groups excluding tert-OH is 1. The van der Waals surface area contributed by atoms with Crippen molar-refractivity contribution in [3.63, 3.8) is 0 Å². The van der Waals surface area contributed by atoms with Gasteiger partial charge in [-0.15, -0.1) is 0 Å². The first-order valence-corrected chi connectivity index (χ1v) is 16.1. The number of hydrogen-bond donors (Lipinski definition) is 2. The van der Waals surface area contributed by atoms with Gasteiger partial charge in [0.2, 0.25) is 0 Å². The van der Waals surface area contributed by atoms with Crippen molar-refractivity contribution in [2.24, 2.45) is 5.92 Å². The second kappa shape index (κ2) is 17.1. The van der Waals surface area contributed by atoms with Crippen molar-refractivity contribution in [2.75, 3.05) is 45.8 Å². The first-order chi connectivity index (χ1) is 22.2. The molecule has 2 N–H and O–H groups in total. The SMILES string of the molecule is COc1ccc(CN(C)C[C@H]2OCCCC[C@H](C)Oc3ccc(NC(=O)c4ccncc4)cc3C(=O)N([C@H](C)CO)C[C@H]2C)cc1. The number of hydrogen-bond acceptors (Lipinski definition) is 8. The van der Waals surface area contributed by atoms with Crippen molar-refractivity contribution >= 4 is 17.5 Å². The fraction of sp³-hybridized carbons (Fsp3) is 0.472. The molecular weight excluding hydrogens is 584 g/mol. The molecule has 46 heavy (non-hydrogen) atoms. The summed E-state index contributed by atoms with van der Waals surface area (Å²) >= 11 is 0. The van der Waals surface area contributed by atoms with Gasteiger partial charge in [-0.05, 0) is 88.2 Å². The molecule has 3 aromatic rings. The van der Waals surface area contributed by atoms with Crippen molar-refractivity contribution < 1.29 is 28.9 Å². The zero-order valence-electron chi connectivity index (χ0n) is 27.6. The van der Waals surface area contributed by atoms with Gasteiger partial charge < -0.3 is 29.5 Å². The molecule has 248 valence electrons. The van der Waals surface area contributed by atoms with Crippen LogP contribution in [0.2, 0.25) is 0 Å². The lowest BCUT2D eigenvalue weighted by Crippen LogP contribution is -2.47. The van der Waals surface area contributed by atoms with Crippen LogP contribution in [0, 0.1) is 5.92 Å². The van der Waals surface area contributed by atoms with Gasteiger partial charge in [-0.1, -0.05) is 19.1 Å². The number of aromatic nitrogens is 1. The standard InChI is InChI=1S/C36H48N4O6/c1-25-21-40(26(2)24-41)36(43)32-20-30(38-35(42)29-15-17-37-18-16-29)11-14-33(32)46-27(3)8-6-7-19-45-34(25)23-39(4)22-28-9-12-31(44-5)13-10-28/h9-18,20,25-27,34,41H,6-8,19,21-24H2,1-5H3,(H,38,42)/t25-,26-,27+,34-/m1/s1. The van der Waals surface area contributed by atoms with E-state index < -0.39 is 6.04 Å². The van der Waals surface area contributed by atoms with Crippen LogP contribution < -0.4 is 14.8 Å². The van der Waals surface area contributed by atoms with E-state index >= 15 is 0 Å². The van der Waals surface area contributed by atoms with Crippen LogP contribution in [0.3, 0.4) is 0 Å². The molecule has 0 fully saturated rings. The number of methoxy groups -OCH3 is 1. The summed E-state index contributed by atoms with van der Waals surface area (Å²) in [5, 5.41) is 13.1. The minimum Gasteiger partial charge on any atom is -0.497 e. The summed E-state index contributed by atoms with van der Waals surface area (Å²) in [6, 6.07) is 16.0. The molecule has 2 amide bonds. The highest BCUT2D eigenvalue weighted by Gasteiger charge is 2.30. The third-order valence-electron chi connectivity index (χ3n) is 8.36. The number of rotatable bonds is 9. The lowest BCUT2D eigenvalue weighted by molar-refractivity contribution is -0.0177. The monoisotopic (exact) mass is 632 g/mol. The van der Waals surface area contributed by atoms with E-state index in [0.717, 1.165) is 31.6 Å². The Morgan fingerprint density at radius 2 is 1.87 bits per heavy atom. The maximum Gasteiger partial charge on any atom is 0.258 e. The van der Waals surface area contributed by atoms with E-state index in [9.17, 15) is 14.7 Å². The molecule has 0 saturated heterocycles. The van der Waals surface area contributed by atoms with Crippen LogP contribution in [-0.2, 0) is 11.3 Å². The minimum atomic E-state index is -0.458. The molecule has 0 radical (unpaired) electrons. The van der Waals surface area contributed by atoms with E-state index in [1.807, 2.05) is 26.0 Å². The normalized spacial score (nSPS) is 20.3. The zero-order valence-corrected chi connectivity index (χ0v) is 27.6. The Labute approximate surface area is 272 Å². The minimum absolute atomic E-state index is 0.0444. The third kappa shape index (κ3) is 9.75. The van der Waals surface area contributed by atoms with Crippen molar-refractivity contribution in [2.45, 2.75) is 64.8 Å². The quantitative estimate of drug-likeness (QED) is 0.328. The maximum absolute atomic E-state index is 14.3. The smallest absolute Gasteiger partial charge is 0.258 e. The largest absolute Gasteiger partial charge is 0.497 e. The molecule has 10 heteroatoms. The van der Waals surface area contributed by atoms with Crippen LogP contribution in [0.4, 0.5) is 5.69 Å². The number of aliphatic hydroxyl groups is 1. The Kier molecular flexibility index (Phi) is 12.9. The Hall–Kier alpha value is -3.99. The van der Waals surface area contributed by atoms with E-state index in [-0.39, 0.29) is 36.5 Å². The van der Waals surface area contributed by atoms with Gasteiger partial charge in [0, 0.05) is 55.8 Å². The van der Waals surface area contributed by atoms with Crippen molar-refractivity contribution in [1.82, 2.24) is 14.8 Å². The van der Waals surface area contributed by atoms with E-state index in [1.54, 1.807) is 54.7 Å². The molecular formula is C36H48N4O6. The number of likely N-dealkylation sites (N-methyl/N-ethyl adjacent to an activating group) is 1. The highest BCUT2D eigenvalue weighted by Crippen LogP contribution is 2.29. The molecule has 0 unspecified atom stereocenters. The summed E-state index contributed by atoms with van der Waals surface area (Å²) in [6.07, 6.45) is 5.43. The van der Waals surface area contributed by atoms with Gasteiger partial charge in [-0.25, -0.2) is 0 Å². The number of carbonyl (C=O) groups excluding carboxylic acids is 2. The molecule has 1 aliphatic rings. The highest BCUT2D eigenvalue weighted by molar-refractivity contribution is 6.05. The number of nitrogens with one attached hydrogen (secondary N) is 1. The summed E-state index contributed by atoms with van der Waals surface area (Å²) in [5.74, 6) is 0.640. The third-order valence-corrected chi connectivity index (χ3v) is 8.36. The predicted molar refractivity (Wildman–Crippen MR) is 178 cm³/mol. The van der Waals surface area contributed by atoms with Crippen LogP contribution in [-0.4, -0.2) is 90.4 Å². The number of carbonyl (C=O) groups is 2. The lowest BCUT2D eigenvalue weighted by atomic mass is 10.0. The van der Waals surface area contributed by atoms with E-state index in [1.165, 1.54) is 5.56 Å². The van der Waals surface area contributed by atoms with Crippen molar-refractivity contribution in [3.8, 4) is 11.5 Å². The summed E-state index contributed by atoms with van der Waals surface area (Å²) in [7, 11) is 3.73. The van der Waals surface area contributed by atoms with Crippen LogP contribution >= 0.6 is 0 Å². The average molecular weight is 633 g/mol. The number of pyridine rings is 1. The van der Waals surface area contributed by atoms with Gasteiger partial charge in [-0.3, -0.25) is 19.5 Å². The second-order valence-electron chi connectivity index (χ2n) is 12.2. The van der Waals surface area contributed by atoms with Crippen molar-refractivity contribution in [3.05, 3.63) is 83.7 Å². The summed E-state index contributed by atoms with van der Waals surface area (Å²) in [5.41, 5.74) is 2.42. The fourth-order valence-electron chi connectivity index (χ4n) is 5.58. The zero-order chi connectivity index (χ0) is 33.1. The first kappa shape index (κ1) is 34.9. The van der Waals surface area contributed by atoms with E-state index in [4.69, 9.17) is 14.2 Å². The Balaban J connectivity index is 1.59. The first-order valence-electron chi connectivity index (χ1n) is 16.1. The molecule has 0 spiro atoms. The molecule has 10 nitrogen and oxygen atoms in total. The number of ether oxygens (including phenoxy) is 3. The molecule has 4 atom stereocenters. The number of benzene rings is 2. The van der Waals surface area contributed by atoms with Crippen LogP contribution in [0.1, 0.15) is 66.3 Å². The Morgan fingerprint density at radius 1 is 1.13 bits per heavy atom. The molecule has 2 heterocycles. The molecule has 2 aromatic carbocycles. The molecule has 0 saturated carbocycles. The number of amides is 2. The van der Waals surface area contributed by atoms with Crippen LogP contribution in [0.5, 0.6) is 11.5 Å². The topological polar surface area (TPSA) is 113 Å². The average Bonchev–Trinajstić information content (AvgIpc) is 3.06. The number of fused-ring (bicyclic) bond motifs is 1. The Morgan fingerprint density at radius 3 is 2.57 bits per heavy atom. The summed E-state index contributed by atoms with van der Waals surface area (Å²) in [6.45, 7) is 8.10. The lowest BCUT2D eigenvalue weighted by Gasteiger charge is -2.36. The molecule has 0 aliphatic carbocycles. The van der Waals surface area contributed by atoms with Gasteiger partial charge in [0.05, 0.1) is 37.5 Å². The van der Waals surface area contributed by atoms with Crippen LogP contribution in [0.25, 0.3) is 0 Å². The fourth-order valence-corrected chi connectivity index (χ4v) is 5.58. The van der Waals surface area contributed by atoms with Gasteiger partial charge in [0.15, 0.2) is 0 Å². The second-order valence-corrected chi connectivity index (χ2v) is 12.2. The molecule has 4 rings (SSSR count). The van der Waals surface area contributed by atoms with Gasteiger partial charge in [0.1, 0.15) is 11.5 Å². The number of anilines is 1. The molecule has 1 aromatic heterocycles. The van der Waals surface area contributed by atoms with Gasteiger partial charge >= 0.3 is 0 Å². The van der Waals surface area contributed by atoms with Crippen molar-refractivity contribution in [1.29, 1.82) is 0 Å². The predicted octanol–water partition coefficient (Wildman–Crippen LogP) is 5.27. The molecule has 1 aliphatic heterocycles. The van der Waals surface area contributed by atoms with E-state index in [2.05, 4.69) is 41.3 Å². The highest BCUT2D eigenvalue weighted by atomic mass is 16.5. The summed E-state index contributed by atoms with van der Waals surface area (Å²) in [4.78, 5) is 35.1. The maximum atomic E-state index is 14.3. The van der Waals surface area contributed by atoms with Gasteiger partial charge in [0.25, 0.3) is 11.8 Å². The Bertz CT molecular complexity index is 1400.